The number of thiazole rings is 6. The summed E-state index contributed by atoms with van der Waals surface area (Å²) >= 11 is 6.64. The molecule has 484 valence electrons. The maximum absolute atomic E-state index is 15.2. The smallest absolute Gasteiger partial charge is 0.323 e. The number of phenolic OH excluding ortho intramolecular Hbond substituents is 1. The molecule has 9 heterocycles. The van der Waals surface area contributed by atoms with Gasteiger partial charge in [-0.15, -0.1) is 68.0 Å². The lowest BCUT2D eigenvalue weighted by atomic mass is 9.85. The number of benzene rings is 2. The molecule has 0 radical (unpaired) electrons. The van der Waals surface area contributed by atoms with Gasteiger partial charge in [-0.3, -0.25) is 38.4 Å². The van der Waals surface area contributed by atoms with E-state index >= 15 is 4.79 Å². The van der Waals surface area contributed by atoms with Gasteiger partial charge in [-0.1, -0.05) is 49.4 Å². The van der Waals surface area contributed by atoms with Gasteiger partial charge in [0, 0.05) is 62.3 Å². The van der Waals surface area contributed by atoms with Crippen molar-refractivity contribution < 1.29 is 63.9 Å². The zero-order valence-corrected chi connectivity index (χ0v) is 54.5. The van der Waals surface area contributed by atoms with Crippen LogP contribution in [-0.4, -0.2) is 149 Å². The number of nitrogens with zero attached hydrogens (tertiary/aromatic N) is 9. The number of nitrogens with two attached hydrogens (primary N) is 1. The van der Waals surface area contributed by atoms with Gasteiger partial charge >= 0.3 is 11.9 Å². The molecule has 1 aliphatic carbocycles. The molecule has 26 nitrogen and oxygen atoms in total. The van der Waals surface area contributed by atoms with E-state index in [-0.39, 0.29) is 80.7 Å². The molecule has 0 unspecified atom stereocenters. The summed E-state index contributed by atoms with van der Waals surface area (Å²) in [5, 5.41) is 71.5. The van der Waals surface area contributed by atoms with E-state index in [0.29, 0.717) is 60.8 Å². The first-order valence-electron chi connectivity index (χ1n) is 29.4. The summed E-state index contributed by atoms with van der Waals surface area (Å²) in [7, 11) is 0. The Morgan fingerprint density at radius 2 is 1.31 bits per heavy atom. The van der Waals surface area contributed by atoms with Crippen LogP contribution in [0.4, 0.5) is 0 Å². The first kappa shape index (κ1) is 64.9. The van der Waals surface area contributed by atoms with Gasteiger partial charge in [-0.25, -0.2) is 34.9 Å². The predicted molar refractivity (Wildman–Crippen MR) is 348 cm³/mol. The topological polar surface area (TPSA) is 397 Å². The fraction of sp³-hybridized carbons (Fsp3) is 0.306. The van der Waals surface area contributed by atoms with Crippen LogP contribution in [0.15, 0.2) is 93.6 Å². The van der Waals surface area contributed by atoms with Crippen molar-refractivity contribution in [3.8, 4) is 49.1 Å². The molecule has 32 heteroatoms. The molecule has 94 heavy (non-hydrogen) atoms. The molecule has 7 atom stereocenters. The summed E-state index contributed by atoms with van der Waals surface area (Å²) in [5.41, 5.74) is 8.07. The number of nitrogens with one attached hydrogen (secondary N) is 3. The quantitative estimate of drug-likeness (QED) is 0.0573. The average molecular weight is 1380 g/mol. The second-order valence-corrected chi connectivity index (χ2v) is 28.3. The maximum atomic E-state index is 15.2. The number of phenols is 1. The number of aryl methyl sites for hydroxylation is 1. The molecule has 9 aromatic rings. The number of carbonyl (C=O) groups is 8. The minimum atomic E-state index is -1.43. The van der Waals surface area contributed by atoms with Gasteiger partial charge in [0.1, 0.15) is 100 Å². The number of pyridine rings is 1. The lowest BCUT2D eigenvalue weighted by Crippen LogP contribution is -2.50. The summed E-state index contributed by atoms with van der Waals surface area (Å²) in [6.07, 6.45) is -1.80. The zero-order chi connectivity index (χ0) is 66.2. The van der Waals surface area contributed by atoms with Crippen LogP contribution in [0.2, 0.25) is 0 Å². The van der Waals surface area contributed by atoms with Crippen LogP contribution in [0, 0.1) is 18.8 Å². The first-order valence-corrected chi connectivity index (χ1v) is 34.6. The second-order valence-electron chi connectivity index (χ2n) is 22.7. The molecule has 1 saturated carbocycles. The van der Waals surface area contributed by atoms with E-state index in [1.54, 1.807) is 79.2 Å². The average Bonchev–Trinajstić information content (AvgIpc) is 1.64. The lowest BCUT2D eigenvalue weighted by molar-refractivity contribution is -0.144. The number of fused-ring (bicyclic) bond motifs is 16. The van der Waals surface area contributed by atoms with E-state index in [0.717, 1.165) is 45.3 Å². The van der Waals surface area contributed by atoms with Crippen LogP contribution in [0.25, 0.3) is 43.4 Å². The largest absolute Gasteiger partial charge is 0.508 e. The molecule has 2 aromatic carbocycles. The second kappa shape index (κ2) is 27.4. The van der Waals surface area contributed by atoms with Crippen LogP contribution in [0.5, 0.6) is 5.75 Å². The van der Waals surface area contributed by atoms with Crippen LogP contribution < -0.4 is 21.7 Å². The van der Waals surface area contributed by atoms with Crippen molar-refractivity contribution in [2.75, 3.05) is 13.1 Å². The van der Waals surface area contributed by atoms with E-state index < -0.39 is 115 Å². The monoisotopic (exact) mass is 1380 g/mol. The number of carboxylic acids is 2. The lowest BCUT2D eigenvalue weighted by Gasteiger charge is -2.34. The minimum Gasteiger partial charge on any atom is -0.508 e. The molecule has 7 aromatic heterocycles. The van der Waals surface area contributed by atoms with Crippen molar-refractivity contribution in [3.63, 3.8) is 0 Å². The Morgan fingerprint density at radius 1 is 0.670 bits per heavy atom. The summed E-state index contributed by atoms with van der Waals surface area (Å²) in [5.74, 6) is -7.64. The Morgan fingerprint density at radius 3 is 2.03 bits per heavy atom. The van der Waals surface area contributed by atoms with E-state index in [1.807, 2.05) is 0 Å². The standard InChI is InChI=1S/C62H57N13O13S6/c1-27-43(77)20-75-49(27)59-70-41(25-93-59)56-67-38(22-90-56)47-34(16-17-35(64-47)55-71-42(26-91-55)61(86)74(21-45(79)80)32-12-10-31(11-13-32)62(87)88)54-68-39(23-89-54)51(82)65-36(19-44(63)78)57-73-46(28(2)94-57)53(84)72-48(50(81)30-6-4-3-5-7-30)58-69-40(24-92-58)52(83)66-37(60(75)85)18-29-8-14-33(76)15-9-29/h3-9,14-17,22-27,31-32,36-37,43,48-50,76-77,81H,10-13,18-21H2,1-2H3,(H2,63,78)(H,65,82)(H,66,83)(H,72,84)(H,79,80)(H,87,88)/t27-,31-,32-,36-,37-,43-,48-,49-,50+/m0/s1. The van der Waals surface area contributed by atoms with Crippen molar-refractivity contribution in [1.29, 1.82) is 0 Å². The van der Waals surface area contributed by atoms with Crippen LogP contribution in [0.3, 0.4) is 0 Å². The fourth-order valence-electron chi connectivity index (χ4n) is 11.6. The number of carboxylic acid groups (broad SMARTS) is 2. The van der Waals surface area contributed by atoms with Gasteiger partial charge in [0.15, 0.2) is 0 Å². The molecule has 0 spiro atoms. The Hall–Kier alpha value is -9.15. The number of amides is 6. The van der Waals surface area contributed by atoms with E-state index in [1.165, 1.54) is 60.7 Å². The van der Waals surface area contributed by atoms with Gasteiger partial charge in [0.25, 0.3) is 23.6 Å². The molecular weight excluding hydrogens is 1330 g/mol. The molecule has 3 aliphatic rings. The van der Waals surface area contributed by atoms with Gasteiger partial charge < -0.3 is 57.0 Å². The van der Waals surface area contributed by atoms with Crippen LogP contribution in [0.1, 0.15) is 136 Å². The van der Waals surface area contributed by atoms with E-state index in [4.69, 9.17) is 25.7 Å². The third-order valence-electron chi connectivity index (χ3n) is 16.5. The van der Waals surface area contributed by atoms with Crippen molar-refractivity contribution in [1.82, 2.24) is 60.6 Å². The normalized spacial score (nSPS) is 21.3. The summed E-state index contributed by atoms with van der Waals surface area (Å²) in [4.78, 5) is 146. The highest BCUT2D eigenvalue weighted by molar-refractivity contribution is 7.15. The van der Waals surface area contributed by atoms with Crippen molar-refractivity contribution in [2.45, 2.75) is 94.8 Å². The Labute approximate surface area is 558 Å². The van der Waals surface area contributed by atoms with Gasteiger partial charge in [0.2, 0.25) is 11.8 Å². The van der Waals surface area contributed by atoms with Gasteiger partial charge in [-0.2, -0.15) is 0 Å². The van der Waals surface area contributed by atoms with E-state index in [9.17, 15) is 59.1 Å². The fourth-order valence-corrected chi connectivity index (χ4v) is 16.9. The SMILES string of the molecule is Cc1sc2nc1C(=O)N[C@@H]([C@H](O)c1ccccc1)c1nc(cs1)C(=O)N[C@@H](Cc1ccc(O)cc1)C(=O)N1C[C@H](O)[C@H](C)[C@H]1c1nc(cs1)-c1nc(cs1)-c1nc(-c3nc(C(=O)N(CC(=O)O)[C@H]4CC[C@H](C(=O)O)CC4)cs3)ccc1-c1nc(cs1)C(=O)N[C@H]2CC(N)=O. The number of carbonyl (C=O) groups excluding carboxylic acids is 6. The first-order chi connectivity index (χ1) is 45.1. The Bertz CT molecular complexity index is 4390. The number of aliphatic hydroxyl groups is 2. The van der Waals surface area contributed by atoms with Gasteiger partial charge in [-0.05, 0) is 68.0 Å². The number of rotatable bonds is 12. The number of aliphatic carboxylic acids is 2. The molecule has 2 aliphatic heterocycles. The van der Waals surface area contributed by atoms with E-state index in [2.05, 4.69) is 30.9 Å². The van der Waals surface area contributed by atoms with Crippen molar-refractivity contribution in [2.24, 2.45) is 17.6 Å². The molecule has 1 saturated heterocycles. The third kappa shape index (κ3) is 13.8. The molecule has 10 N–H and O–H groups in total. The summed E-state index contributed by atoms with van der Waals surface area (Å²) in [6.45, 7) is 2.66. The van der Waals surface area contributed by atoms with Crippen molar-refractivity contribution >= 4 is 115 Å². The van der Waals surface area contributed by atoms with Crippen LogP contribution >= 0.6 is 68.0 Å². The zero-order valence-electron chi connectivity index (χ0n) is 49.6. The maximum Gasteiger partial charge on any atom is 0.323 e. The van der Waals surface area contributed by atoms with Crippen LogP contribution in [-0.2, 0) is 25.6 Å². The minimum absolute atomic E-state index is 0.0211. The molecule has 10 bridgehead atoms. The number of hydrogen-bond acceptors (Lipinski definition) is 24. The highest BCUT2D eigenvalue weighted by atomic mass is 32.1. The Kier molecular flexibility index (Phi) is 18.9. The number of primary amides is 1. The highest BCUT2D eigenvalue weighted by Gasteiger charge is 2.46. The molecule has 6 amide bonds. The summed E-state index contributed by atoms with van der Waals surface area (Å²) < 4.78 is 0. The number of aromatic nitrogens is 7. The summed E-state index contributed by atoms with van der Waals surface area (Å²) in [6, 6.07) is 12.9. The Balaban J connectivity index is 0.938. The number of aliphatic hydroxyl groups excluding tert-OH is 2. The third-order valence-corrected chi connectivity index (χ3v) is 22.0. The molecular formula is C62H57N13O13S6. The molecule has 2 fully saturated rings. The molecule has 12 rings (SSSR count). The number of hydrogen-bond donors (Lipinski definition) is 9. The van der Waals surface area contributed by atoms with Gasteiger partial charge in [0.05, 0.1) is 36.2 Å². The van der Waals surface area contributed by atoms with Crippen molar-refractivity contribution in [3.05, 3.63) is 147 Å². The predicted octanol–water partition coefficient (Wildman–Crippen LogP) is 7.46. The highest BCUT2D eigenvalue weighted by Crippen LogP contribution is 2.43. The number of aromatic hydroxyl groups is 1.